The summed E-state index contributed by atoms with van der Waals surface area (Å²) in [7, 11) is 1.48. The normalized spacial score (nSPS) is 9.88. The molecule has 1 aromatic carbocycles. The fraction of sp³-hybridized carbons (Fsp3) is 0.333. The molecule has 17 heavy (non-hydrogen) atoms. The summed E-state index contributed by atoms with van der Waals surface area (Å²) in [4.78, 5) is 21.9. The summed E-state index contributed by atoms with van der Waals surface area (Å²) >= 11 is 0. The Balaban J connectivity index is 3.02. The molecule has 0 amide bonds. The van der Waals surface area contributed by atoms with E-state index in [1.165, 1.54) is 21.0 Å². The standard InChI is InChI=1S/C12H14O5/c1-8(13)16-12(17-9(2)14)10-6-4-5-7-11(10)15-3/h4-7,12H,1-3H3. The first-order valence-corrected chi connectivity index (χ1v) is 5.02. The van der Waals surface area contributed by atoms with Gasteiger partial charge >= 0.3 is 11.9 Å². The molecular formula is C12H14O5. The quantitative estimate of drug-likeness (QED) is 0.591. The van der Waals surface area contributed by atoms with E-state index in [2.05, 4.69) is 0 Å². The van der Waals surface area contributed by atoms with Crippen LogP contribution in [0.1, 0.15) is 25.7 Å². The summed E-state index contributed by atoms with van der Waals surface area (Å²) in [5.41, 5.74) is 0.486. The van der Waals surface area contributed by atoms with Gasteiger partial charge in [-0.2, -0.15) is 0 Å². The number of esters is 2. The summed E-state index contributed by atoms with van der Waals surface area (Å²) in [5, 5.41) is 0. The Morgan fingerprint density at radius 2 is 1.59 bits per heavy atom. The number of para-hydroxylation sites is 1. The van der Waals surface area contributed by atoms with Crippen molar-refractivity contribution in [3.8, 4) is 5.75 Å². The van der Waals surface area contributed by atoms with Crippen molar-refractivity contribution in [2.75, 3.05) is 7.11 Å². The van der Waals surface area contributed by atoms with Gasteiger partial charge in [-0.25, -0.2) is 0 Å². The zero-order valence-electron chi connectivity index (χ0n) is 9.93. The van der Waals surface area contributed by atoms with Gasteiger partial charge in [-0.05, 0) is 12.1 Å². The van der Waals surface area contributed by atoms with Crippen LogP contribution >= 0.6 is 0 Å². The maximum Gasteiger partial charge on any atom is 0.305 e. The van der Waals surface area contributed by atoms with Gasteiger partial charge in [0.05, 0.1) is 12.7 Å². The SMILES string of the molecule is COc1ccccc1C(OC(C)=O)OC(C)=O. The Hall–Kier alpha value is -2.04. The van der Waals surface area contributed by atoms with E-state index in [4.69, 9.17) is 14.2 Å². The average Bonchev–Trinajstić information content (AvgIpc) is 2.27. The molecule has 1 rings (SSSR count). The molecule has 0 fully saturated rings. The van der Waals surface area contributed by atoms with Crippen LogP contribution in [0.15, 0.2) is 24.3 Å². The topological polar surface area (TPSA) is 61.8 Å². The van der Waals surface area contributed by atoms with Gasteiger partial charge in [0.1, 0.15) is 5.75 Å². The summed E-state index contributed by atoms with van der Waals surface area (Å²) in [6.45, 7) is 2.48. The first-order valence-electron chi connectivity index (χ1n) is 5.02. The van der Waals surface area contributed by atoms with Gasteiger partial charge in [0.25, 0.3) is 6.29 Å². The van der Waals surface area contributed by atoms with E-state index in [1.54, 1.807) is 24.3 Å². The van der Waals surface area contributed by atoms with Crippen molar-refractivity contribution in [1.82, 2.24) is 0 Å². The van der Waals surface area contributed by atoms with E-state index >= 15 is 0 Å². The van der Waals surface area contributed by atoms with Crippen LogP contribution in [0.25, 0.3) is 0 Å². The number of carbonyl (C=O) groups is 2. The van der Waals surface area contributed by atoms with Crippen LogP contribution in [-0.2, 0) is 19.1 Å². The van der Waals surface area contributed by atoms with Gasteiger partial charge in [-0.3, -0.25) is 9.59 Å². The molecule has 0 unspecified atom stereocenters. The van der Waals surface area contributed by atoms with Crippen molar-refractivity contribution in [3.05, 3.63) is 29.8 Å². The van der Waals surface area contributed by atoms with E-state index < -0.39 is 18.2 Å². The first-order chi connectivity index (χ1) is 8.04. The highest BCUT2D eigenvalue weighted by molar-refractivity contribution is 5.68. The van der Waals surface area contributed by atoms with Gasteiger partial charge in [0, 0.05) is 13.8 Å². The third-order valence-electron chi connectivity index (χ3n) is 1.94. The summed E-state index contributed by atoms with van der Waals surface area (Å²) in [5.74, 6) is -0.593. The lowest BCUT2D eigenvalue weighted by molar-refractivity contribution is -0.186. The van der Waals surface area contributed by atoms with Crippen LogP contribution in [0.4, 0.5) is 0 Å². The molecule has 0 atom stereocenters. The second-order valence-corrected chi connectivity index (χ2v) is 3.29. The molecule has 0 heterocycles. The van der Waals surface area contributed by atoms with Gasteiger partial charge in [-0.15, -0.1) is 0 Å². The molecule has 5 heteroatoms. The Bertz CT molecular complexity index is 397. The van der Waals surface area contributed by atoms with E-state index in [0.717, 1.165) is 0 Å². The van der Waals surface area contributed by atoms with Crippen molar-refractivity contribution < 1.29 is 23.8 Å². The highest BCUT2D eigenvalue weighted by Crippen LogP contribution is 2.28. The molecule has 0 N–H and O–H groups in total. The highest BCUT2D eigenvalue weighted by Gasteiger charge is 2.21. The van der Waals surface area contributed by atoms with Crippen molar-refractivity contribution in [2.24, 2.45) is 0 Å². The molecule has 0 aliphatic heterocycles. The number of hydrogen-bond donors (Lipinski definition) is 0. The van der Waals surface area contributed by atoms with Gasteiger partial charge in [0.2, 0.25) is 0 Å². The van der Waals surface area contributed by atoms with Crippen LogP contribution in [-0.4, -0.2) is 19.0 Å². The maximum absolute atomic E-state index is 11.0. The van der Waals surface area contributed by atoms with Crippen LogP contribution in [0.3, 0.4) is 0 Å². The van der Waals surface area contributed by atoms with E-state index in [1.807, 2.05) is 0 Å². The fourth-order valence-corrected chi connectivity index (χ4v) is 1.31. The molecule has 92 valence electrons. The molecule has 0 aliphatic rings. The lowest BCUT2D eigenvalue weighted by Crippen LogP contribution is -2.15. The predicted octanol–water partition coefficient (Wildman–Crippen LogP) is 1.82. The number of hydrogen-bond acceptors (Lipinski definition) is 5. The predicted molar refractivity (Wildman–Crippen MR) is 59.3 cm³/mol. The molecule has 0 radical (unpaired) electrons. The molecule has 5 nitrogen and oxygen atoms in total. The minimum atomic E-state index is -1.08. The molecule has 0 spiro atoms. The Kier molecular flexibility index (Phi) is 4.51. The number of benzene rings is 1. The van der Waals surface area contributed by atoms with Crippen molar-refractivity contribution >= 4 is 11.9 Å². The van der Waals surface area contributed by atoms with Gasteiger partial charge in [-0.1, -0.05) is 12.1 Å². The Labute approximate surface area is 99.3 Å². The first kappa shape index (κ1) is 13.0. The number of ether oxygens (including phenoxy) is 3. The summed E-state index contributed by atoms with van der Waals surface area (Å²) in [6.07, 6.45) is -1.08. The molecule has 0 bridgehead atoms. The van der Waals surface area contributed by atoms with Crippen molar-refractivity contribution in [3.63, 3.8) is 0 Å². The molecule has 0 saturated carbocycles. The van der Waals surface area contributed by atoms with Gasteiger partial charge in [0.15, 0.2) is 0 Å². The number of rotatable bonds is 4. The highest BCUT2D eigenvalue weighted by atomic mass is 16.7. The Morgan fingerprint density at radius 1 is 1.06 bits per heavy atom. The molecule has 1 aromatic rings. The molecule has 0 saturated heterocycles. The van der Waals surface area contributed by atoms with Crippen molar-refractivity contribution in [2.45, 2.75) is 20.1 Å². The zero-order valence-corrected chi connectivity index (χ0v) is 9.93. The van der Waals surface area contributed by atoms with E-state index in [0.29, 0.717) is 11.3 Å². The third-order valence-corrected chi connectivity index (χ3v) is 1.94. The lowest BCUT2D eigenvalue weighted by Gasteiger charge is -2.18. The van der Waals surface area contributed by atoms with E-state index in [9.17, 15) is 9.59 Å². The molecule has 0 aliphatic carbocycles. The molecular weight excluding hydrogens is 224 g/mol. The van der Waals surface area contributed by atoms with Gasteiger partial charge < -0.3 is 14.2 Å². The van der Waals surface area contributed by atoms with Crippen molar-refractivity contribution in [1.29, 1.82) is 0 Å². The lowest BCUT2D eigenvalue weighted by atomic mass is 10.2. The van der Waals surface area contributed by atoms with Crippen LogP contribution in [0, 0.1) is 0 Å². The number of carbonyl (C=O) groups excluding carboxylic acids is 2. The fourth-order valence-electron chi connectivity index (χ4n) is 1.31. The Morgan fingerprint density at radius 3 is 2.06 bits per heavy atom. The summed E-state index contributed by atoms with van der Waals surface area (Å²) < 4.78 is 15.0. The largest absolute Gasteiger partial charge is 0.496 e. The second kappa shape index (κ2) is 5.89. The number of methoxy groups -OCH3 is 1. The van der Waals surface area contributed by atoms with E-state index in [-0.39, 0.29) is 0 Å². The van der Waals surface area contributed by atoms with Crippen LogP contribution < -0.4 is 4.74 Å². The van der Waals surface area contributed by atoms with Crippen LogP contribution in [0.2, 0.25) is 0 Å². The van der Waals surface area contributed by atoms with Crippen LogP contribution in [0.5, 0.6) is 5.75 Å². The smallest absolute Gasteiger partial charge is 0.305 e. The zero-order chi connectivity index (χ0) is 12.8. The monoisotopic (exact) mass is 238 g/mol. The molecule has 0 aromatic heterocycles. The third kappa shape index (κ3) is 3.79. The average molecular weight is 238 g/mol. The second-order valence-electron chi connectivity index (χ2n) is 3.29. The summed E-state index contributed by atoms with van der Waals surface area (Å²) in [6, 6.07) is 6.85. The maximum atomic E-state index is 11.0. The minimum Gasteiger partial charge on any atom is -0.496 e. The minimum absolute atomic E-state index is 0.486.